The summed E-state index contributed by atoms with van der Waals surface area (Å²) < 4.78 is 4.51. The molecule has 0 saturated heterocycles. The van der Waals surface area contributed by atoms with Crippen LogP contribution in [0.5, 0.6) is 0 Å². The quantitative estimate of drug-likeness (QED) is 0.758. The molecule has 0 unspecified atom stereocenters. The lowest BCUT2D eigenvalue weighted by atomic mass is 10.0. The highest BCUT2D eigenvalue weighted by atomic mass is 16.7. The third-order valence-corrected chi connectivity index (χ3v) is 2.48. The van der Waals surface area contributed by atoms with Gasteiger partial charge >= 0.3 is 6.16 Å². The minimum absolute atomic E-state index is 0.114. The zero-order valence-corrected chi connectivity index (χ0v) is 10.1. The fourth-order valence-corrected chi connectivity index (χ4v) is 1.60. The highest BCUT2D eigenvalue weighted by Crippen LogP contribution is 2.20. The third-order valence-electron chi connectivity index (χ3n) is 2.48. The van der Waals surface area contributed by atoms with Crippen molar-refractivity contribution in [2.45, 2.75) is 26.2 Å². The van der Waals surface area contributed by atoms with Crippen LogP contribution in [0.4, 0.5) is 4.79 Å². The SMILES string of the molecule is CCCCC(=CCOC(=O)O)c1ccccc1. The Kier molecular flexibility index (Phi) is 5.86. The summed E-state index contributed by atoms with van der Waals surface area (Å²) in [5.41, 5.74) is 2.28. The Balaban J connectivity index is 2.69. The summed E-state index contributed by atoms with van der Waals surface area (Å²) in [4.78, 5) is 10.3. The number of carboxylic acid groups (broad SMARTS) is 1. The minimum Gasteiger partial charge on any atom is -0.450 e. The standard InChI is InChI=1S/C14H18O3/c1-2-3-7-13(10-11-17-14(15)16)12-8-5-4-6-9-12/h4-6,8-10H,2-3,7,11H2,1H3,(H,15,16). The van der Waals surface area contributed by atoms with Crippen molar-refractivity contribution in [3.05, 3.63) is 42.0 Å². The maximum Gasteiger partial charge on any atom is 0.506 e. The normalized spacial score (nSPS) is 11.2. The summed E-state index contributed by atoms with van der Waals surface area (Å²) >= 11 is 0. The van der Waals surface area contributed by atoms with E-state index in [2.05, 4.69) is 11.7 Å². The van der Waals surface area contributed by atoms with E-state index >= 15 is 0 Å². The summed E-state index contributed by atoms with van der Waals surface area (Å²) in [7, 11) is 0. The maximum absolute atomic E-state index is 10.3. The smallest absolute Gasteiger partial charge is 0.450 e. The van der Waals surface area contributed by atoms with Gasteiger partial charge in [-0.3, -0.25) is 0 Å². The van der Waals surface area contributed by atoms with Crippen LogP contribution in [0, 0.1) is 0 Å². The number of rotatable bonds is 6. The number of ether oxygens (including phenoxy) is 1. The van der Waals surface area contributed by atoms with Gasteiger partial charge in [-0.15, -0.1) is 0 Å². The van der Waals surface area contributed by atoms with Crippen LogP contribution in [0.1, 0.15) is 31.7 Å². The molecule has 3 nitrogen and oxygen atoms in total. The Labute approximate surface area is 102 Å². The van der Waals surface area contributed by atoms with Gasteiger partial charge in [0.2, 0.25) is 0 Å². The van der Waals surface area contributed by atoms with Crippen molar-refractivity contribution < 1.29 is 14.6 Å². The largest absolute Gasteiger partial charge is 0.506 e. The van der Waals surface area contributed by atoms with Crippen molar-refractivity contribution in [2.75, 3.05) is 6.61 Å². The number of hydrogen-bond acceptors (Lipinski definition) is 2. The summed E-state index contributed by atoms with van der Waals surface area (Å²) in [5.74, 6) is 0. The molecular formula is C14H18O3. The highest BCUT2D eigenvalue weighted by Gasteiger charge is 2.01. The van der Waals surface area contributed by atoms with E-state index in [1.807, 2.05) is 36.4 Å². The predicted molar refractivity (Wildman–Crippen MR) is 67.9 cm³/mol. The second-order valence-corrected chi connectivity index (χ2v) is 3.78. The van der Waals surface area contributed by atoms with Gasteiger partial charge in [-0.05, 0) is 30.1 Å². The Morgan fingerprint density at radius 1 is 1.35 bits per heavy atom. The maximum atomic E-state index is 10.3. The first-order chi connectivity index (χ1) is 8.24. The zero-order valence-electron chi connectivity index (χ0n) is 10.1. The van der Waals surface area contributed by atoms with Gasteiger partial charge in [0.05, 0.1) is 0 Å². The Hall–Kier alpha value is -1.77. The van der Waals surface area contributed by atoms with E-state index in [1.54, 1.807) is 0 Å². The molecule has 0 amide bonds. The summed E-state index contributed by atoms with van der Waals surface area (Å²) in [6.07, 6.45) is 3.77. The molecule has 1 rings (SSSR count). The first kappa shape index (κ1) is 13.3. The van der Waals surface area contributed by atoms with Gasteiger partial charge in [-0.2, -0.15) is 0 Å². The van der Waals surface area contributed by atoms with Crippen LogP contribution in [0.25, 0.3) is 5.57 Å². The van der Waals surface area contributed by atoms with Gasteiger partial charge in [-0.25, -0.2) is 4.79 Å². The van der Waals surface area contributed by atoms with Gasteiger partial charge in [0, 0.05) is 0 Å². The van der Waals surface area contributed by atoms with Crippen molar-refractivity contribution in [2.24, 2.45) is 0 Å². The number of hydrogen-bond donors (Lipinski definition) is 1. The van der Waals surface area contributed by atoms with Crippen molar-refractivity contribution >= 4 is 11.7 Å². The van der Waals surface area contributed by atoms with Crippen molar-refractivity contribution in [3.8, 4) is 0 Å². The lowest BCUT2D eigenvalue weighted by molar-refractivity contribution is 0.102. The number of carbonyl (C=O) groups is 1. The molecule has 0 aliphatic carbocycles. The summed E-state index contributed by atoms with van der Waals surface area (Å²) in [6.45, 7) is 2.25. The molecule has 1 aromatic rings. The van der Waals surface area contributed by atoms with Crippen molar-refractivity contribution in [1.29, 1.82) is 0 Å². The van der Waals surface area contributed by atoms with Crippen LogP contribution in [0.2, 0.25) is 0 Å². The molecule has 0 saturated carbocycles. The monoisotopic (exact) mass is 234 g/mol. The topological polar surface area (TPSA) is 46.5 Å². The van der Waals surface area contributed by atoms with Gasteiger partial charge < -0.3 is 9.84 Å². The van der Waals surface area contributed by atoms with E-state index in [-0.39, 0.29) is 6.61 Å². The molecule has 0 bridgehead atoms. The van der Waals surface area contributed by atoms with Crippen LogP contribution >= 0.6 is 0 Å². The van der Waals surface area contributed by atoms with Gasteiger partial charge in [0.1, 0.15) is 6.61 Å². The highest BCUT2D eigenvalue weighted by molar-refractivity contribution is 5.66. The fourth-order valence-electron chi connectivity index (χ4n) is 1.60. The Morgan fingerprint density at radius 2 is 2.06 bits per heavy atom. The molecule has 0 atom stereocenters. The van der Waals surface area contributed by atoms with Gasteiger partial charge in [-0.1, -0.05) is 43.7 Å². The zero-order chi connectivity index (χ0) is 12.5. The van der Waals surface area contributed by atoms with E-state index < -0.39 is 6.16 Å². The molecule has 92 valence electrons. The van der Waals surface area contributed by atoms with E-state index in [1.165, 1.54) is 0 Å². The molecule has 0 aliphatic heterocycles. The van der Waals surface area contributed by atoms with Crippen LogP contribution in [0.15, 0.2) is 36.4 Å². The number of allylic oxidation sites excluding steroid dienone is 1. The van der Waals surface area contributed by atoms with Crippen LogP contribution in [-0.2, 0) is 4.74 Å². The molecule has 0 radical (unpaired) electrons. The first-order valence-electron chi connectivity index (χ1n) is 5.84. The molecule has 0 fully saturated rings. The van der Waals surface area contributed by atoms with Gasteiger partial charge in [0.15, 0.2) is 0 Å². The summed E-state index contributed by atoms with van der Waals surface area (Å²) in [6, 6.07) is 9.99. The van der Waals surface area contributed by atoms with Crippen LogP contribution in [-0.4, -0.2) is 17.9 Å². The van der Waals surface area contributed by atoms with Gasteiger partial charge in [0.25, 0.3) is 0 Å². The number of unbranched alkanes of at least 4 members (excludes halogenated alkanes) is 1. The first-order valence-corrected chi connectivity index (χ1v) is 5.84. The Bertz CT molecular complexity index is 368. The van der Waals surface area contributed by atoms with E-state index in [0.29, 0.717) is 0 Å². The molecule has 0 aromatic heterocycles. The average Bonchev–Trinajstić information content (AvgIpc) is 2.34. The molecule has 17 heavy (non-hydrogen) atoms. The molecule has 0 heterocycles. The van der Waals surface area contributed by atoms with Crippen molar-refractivity contribution in [1.82, 2.24) is 0 Å². The van der Waals surface area contributed by atoms with E-state index in [4.69, 9.17) is 5.11 Å². The lowest BCUT2D eigenvalue weighted by Gasteiger charge is -2.07. The predicted octanol–water partition coefficient (Wildman–Crippen LogP) is 3.95. The van der Waals surface area contributed by atoms with Crippen LogP contribution < -0.4 is 0 Å². The molecule has 0 spiro atoms. The second kappa shape index (κ2) is 7.49. The van der Waals surface area contributed by atoms with Crippen molar-refractivity contribution in [3.63, 3.8) is 0 Å². The number of benzene rings is 1. The second-order valence-electron chi connectivity index (χ2n) is 3.78. The third kappa shape index (κ3) is 5.20. The Morgan fingerprint density at radius 3 is 2.65 bits per heavy atom. The summed E-state index contributed by atoms with van der Waals surface area (Å²) in [5, 5.41) is 8.42. The molecule has 1 N–H and O–H groups in total. The molecule has 1 aromatic carbocycles. The molecular weight excluding hydrogens is 216 g/mol. The van der Waals surface area contributed by atoms with E-state index in [9.17, 15) is 4.79 Å². The molecule has 3 heteroatoms. The average molecular weight is 234 g/mol. The van der Waals surface area contributed by atoms with E-state index in [0.717, 1.165) is 30.4 Å². The minimum atomic E-state index is -1.23. The molecule has 0 aliphatic rings. The fraction of sp³-hybridized carbons (Fsp3) is 0.357. The van der Waals surface area contributed by atoms with Crippen LogP contribution in [0.3, 0.4) is 0 Å². The lowest BCUT2D eigenvalue weighted by Crippen LogP contribution is -2.00.